The number of carbonyl (C=O) groups is 1. The van der Waals surface area contributed by atoms with E-state index in [1.165, 1.54) is 19.1 Å². The van der Waals surface area contributed by atoms with Gasteiger partial charge in [-0.3, -0.25) is 33.8 Å². The van der Waals surface area contributed by atoms with E-state index in [1.54, 1.807) is 32.0 Å². The molecule has 0 bridgehead atoms. The first-order chi connectivity index (χ1) is 18.4. The van der Waals surface area contributed by atoms with Crippen LogP contribution in [0.1, 0.15) is 27.0 Å². The van der Waals surface area contributed by atoms with E-state index in [1.807, 2.05) is 4.98 Å². The minimum Gasteiger partial charge on any atom is -0.413 e. The number of aliphatic hydroxyl groups is 1. The fourth-order valence-electron chi connectivity index (χ4n) is 3.86. The molecule has 4 N–H and O–H groups in total. The molecule has 1 aliphatic heterocycles. The van der Waals surface area contributed by atoms with Crippen molar-refractivity contribution in [1.29, 1.82) is 0 Å². The van der Waals surface area contributed by atoms with Crippen LogP contribution in [0, 0.1) is 22.0 Å². The number of hydrogen-bond donors (Lipinski definition) is 4. The molecule has 1 aliphatic rings. The van der Waals surface area contributed by atoms with Crippen LogP contribution in [0.15, 0.2) is 52.2 Å². The Morgan fingerprint density at radius 1 is 1.33 bits per heavy atom. The second-order valence-corrected chi connectivity index (χ2v) is 10.5. The average Bonchev–Trinajstić information content (AvgIpc) is 3.14. The number of amides is 1. The molecule has 16 heteroatoms. The highest BCUT2D eigenvalue weighted by atomic mass is 31.2. The third kappa shape index (κ3) is 7.20. The van der Waals surface area contributed by atoms with Crippen LogP contribution in [0.5, 0.6) is 5.75 Å². The molecular weight excluding hydrogens is 537 g/mol. The quantitative estimate of drug-likeness (QED) is 0.125. The van der Waals surface area contributed by atoms with Crippen LogP contribution < -0.4 is 26.2 Å². The number of aromatic nitrogens is 2. The molecule has 210 valence electrons. The predicted molar refractivity (Wildman–Crippen MR) is 136 cm³/mol. The molecule has 39 heavy (non-hydrogen) atoms. The zero-order valence-electron chi connectivity index (χ0n) is 21.2. The van der Waals surface area contributed by atoms with Gasteiger partial charge in [-0.1, -0.05) is 24.1 Å². The number of nitrogens with one attached hydrogen (secondary N) is 3. The van der Waals surface area contributed by atoms with E-state index in [2.05, 4.69) is 22.2 Å². The van der Waals surface area contributed by atoms with Crippen LogP contribution in [-0.4, -0.2) is 62.4 Å². The van der Waals surface area contributed by atoms with E-state index in [0.717, 1.165) is 16.8 Å². The molecule has 15 nitrogen and oxygen atoms in total. The number of nitro groups is 1. The van der Waals surface area contributed by atoms with Crippen LogP contribution in [-0.2, 0) is 18.6 Å². The summed E-state index contributed by atoms with van der Waals surface area (Å²) in [6.07, 6.45) is -2.35. The Morgan fingerprint density at radius 2 is 2.03 bits per heavy atom. The summed E-state index contributed by atoms with van der Waals surface area (Å²) >= 11 is 0. The number of carbonyl (C=O) groups excluding carboxylic acids is 1. The topological polar surface area (TPSA) is 204 Å². The van der Waals surface area contributed by atoms with Crippen molar-refractivity contribution >= 4 is 13.7 Å². The molecule has 2 aromatic rings. The molecular formula is C23H28N5O10P. The van der Waals surface area contributed by atoms with Crippen molar-refractivity contribution < 1.29 is 33.2 Å². The molecule has 0 radical (unpaired) electrons. The van der Waals surface area contributed by atoms with Gasteiger partial charge in [0.25, 0.3) is 11.6 Å². The predicted octanol–water partition coefficient (Wildman–Crippen LogP) is 0.152. The largest absolute Gasteiger partial charge is 0.459 e. The smallest absolute Gasteiger partial charge is 0.413 e. The van der Waals surface area contributed by atoms with Crippen molar-refractivity contribution in [2.45, 2.75) is 50.8 Å². The second kappa shape index (κ2) is 12.4. The van der Waals surface area contributed by atoms with E-state index in [4.69, 9.17) is 13.8 Å². The lowest BCUT2D eigenvalue weighted by Crippen LogP contribution is -2.52. The van der Waals surface area contributed by atoms with Gasteiger partial charge in [0.15, 0.2) is 12.3 Å². The molecule has 1 saturated heterocycles. The van der Waals surface area contributed by atoms with E-state index in [0.29, 0.717) is 0 Å². The van der Waals surface area contributed by atoms with Crippen LogP contribution in [0.25, 0.3) is 0 Å². The van der Waals surface area contributed by atoms with E-state index in [9.17, 15) is 34.2 Å². The number of aromatic amines is 1. The van der Waals surface area contributed by atoms with Crippen molar-refractivity contribution in [2.75, 3.05) is 13.2 Å². The number of rotatable bonds is 11. The van der Waals surface area contributed by atoms with E-state index < -0.39 is 67.0 Å². The zero-order valence-corrected chi connectivity index (χ0v) is 22.1. The van der Waals surface area contributed by atoms with E-state index >= 15 is 0 Å². The zero-order chi connectivity index (χ0) is 28.8. The van der Waals surface area contributed by atoms with Crippen LogP contribution in [0.4, 0.5) is 0 Å². The summed E-state index contributed by atoms with van der Waals surface area (Å²) in [5.41, 5.74) is -4.30. The highest BCUT2D eigenvalue weighted by Crippen LogP contribution is 2.46. The first-order valence-electron chi connectivity index (χ1n) is 11.7. The van der Waals surface area contributed by atoms with Gasteiger partial charge in [0, 0.05) is 23.2 Å². The summed E-state index contributed by atoms with van der Waals surface area (Å²) in [5, 5.41) is 28.4. The Kier molecular flexibility index (Phi) is 9.44. The van der Waals surface area contributed by atoms with Crippen LogP contribution in [0.3, 0.4) is 0 Å². The molecule has 0 saturated carbocycles. The molecule has 0 aliphatic carbocycles. The van der Waals surface area contributed by atoms with Gasteiger partial charge in [0.1, 0.15) is 5.75 Å². The van der Waals surface area contributed by atoms with Crippen molar-refractivity contribution in [3.8, 4) is 17.6 Å². The Balaban J connectivity index is 1.92. The number of ether oxygens (including phenoxy) is 1. The maximum atomic E-state index is 13.6. The number of benzene rings is 1. The Hall–Kier alpha value is -3.80. The molecule has 1 fully saturated rings. The molecule has 2 heterocycles. The highest BCUT2D eigenvalue weighted by molar-refractivity contribution is 7.52. The average molecular weight is 565 g/mol. The first-order valence-corrected chi connectivity index (χ1v) is 13.2. The van der Waals surface area contributed by atoms with Crippen LogP contribution in [0.2, 0.25) is 0 Å². The van der Waals surface area contributed by atoms with Crippen LogP contribution >= 0.6 is 7.75 Å². The van der Waals surface area contributed by atoms with Gasteiger partial charge < -0.3 is 19.7 Å². The first kappa shape index (κ1) is 29.8. The fourth-order valence-corrected chi connectivity index (χ4v) is 5.15. The molecule has 3 rings (SSSR count). The summed E-state index contributed by atoms with van der Waals surface area (Å²) in [6.45, 7) is 3.52. The monoisotopic (exact) mass is 565 g/mol. The second-order valence-electron chi connectivity index (χ2n) is 8.73. The molecule has 1 aromatic carbocycles. The Bertz CT molecular complexity index is 1420. The lowest BCUT2D eigenvalue weighted by Gasteiger charge is -2.24. The normalized spacial score (nSPS) is 23.9. The van der Waals surface area contributed by atoms with Crippen molar-refractivity contribution in [3.05, 3.63) is 73.5 Å². The number of nitrogens with zero attached hydrogens (tertiary/aromatic N) is 2. The summed E-state index contributed by atoms with van der Waals surface area (Å²) in [6, 6.07) is 6.62. The molecule has 1 unspecified atom stereocenters. The van der Waals surface area contributed by atoms with Crippen molar-refractivity contribution in [3.63, 3.8) is 0 Å². The maximum Gasteiger partial charge on any atom is 0.459 e. The summed E-state index contributed by atoms with van der Waals surface area (Å²) < 4.78 is 31.0. The molecule has 1 aromatic heterocycles. The summed E-state index contributed by atoms with van der Waals surface area (Å²) in [4.78, 5) is 49.2. The minimum absolute atomic E-state index is 0.113. The van der Waals surface area contributed by atoms with Gasteiger partial charge in [0.2, 0.25) is 11.5 Å². The summed E-state index contributed by atoms with van der Waals surface area (Å²) in [5.74, 6) is 4.32. The number of para-hydroxylation sites is 1. The van der Waals surface area contributed by atoms with Crippen molar-refractivity contribution in [1.82, 2.24) is 20.0 Å². The number of H-pyrrole nitrogens is 1. The molecule has 5 atom stereocenters. The fraction of sp³-hybridized carbons (Fsp3) is 0.435. The Labute approximate surface area is 222 Å². The van der Waals surface area contributed by atoms with Gasteiger partial charge >= 0.3 is 13.4 Å². The molecule has 0 spiro atoms. The third-order valence-electron chi connectivity index (χ3n) is 5.40. The lowest BCUT2D eigenvalue weighted by molar-refractivity contribution is -0.542. The Morgan fingerprint density at radius 3 is 2.62 bits per heavy atom. The minimum atomic E-state index is -4.36. The SMILES string of the molecule is CC#C[C@]1(O)[C@H](n2ccc(=O)[nH]c2=O)O[C@H](COP(=O)(NCC(=O)NC(C)C)Oc2ccccc2)[C@H]1[N+](=O)[O-]. The highest BCUT2D eigenvalue weighted by Gasteiger charge is 2.64. The molecule has 1 amide bonds. The van der Waals surface area contributed by atoms with Gasteiger partial charge in [-0.25, -0.2) is 14.4 Å². The lowest BCUT2D eigenvalue weighted by atomic mass is 9.92. The maximum absolute atomic E-state index is 13.6. The van der Waals surface area contributed by atoms with Gasteiger partial charge in [-0.15, -0.1) is 5.92 Å². The van der Waals surface area contributed by atoms with E-state index in [-0.39, 0.29) is 11.8 Å². The third-order valence-corrected chi connectivity index (χ3v) is 6.89. The standard InChI is InChI=1S/C23H28N5O10P/c1-4-11-23(32)20(28(33)34)17(37-21(23)27-12-10-18(29)26-22(27)31)14-36-39(35,24-13-19(30)25-15(2)3)38-16-8-6-5-7-9-16/h5-10,12,15,17,20-21,32H,13-14H2,1-3H3,(H,24,35)(H,25,30)(H,26,29,31)/t17-,20-,21-,23-,39?/m1/s1. The van der Waals surface area contributed by atoms with Gasteiger partial charge in [-0.2, -0.15) is 0 Å². The number of hydrogen-bond acceptors (Lipinski definition) is 10. The van der Waals surface area contributed by atoms with Crippen molar-refractivity contribution in [2.24, 2.45) is 0 Å². The summed E-state index contributed by atoms with van der Waals surface area (Å²) in [7, 11) is -4.36. The van der Waals surface area contributed by atoms with Gasteiger partial charge in [-0.05, 0) is 32.9 Å². The van der Waals surface area contributed by atoms with Gasteiger partial charge in [0.05, 0.1) is 13.2 Å².